The molecule has 2 aromatic rings. The Hall–Kier alpha value is -2.78. The Morgan fingerprint density at radius 3 is 2.72 bits per heavy atom. The van der Waals surface area contributed by atoms with Gasteiger partial charge in [-0.2, -0.15) is 10.2 Å². The van der Waals surface area contributed by atoms with Gasteiger partial charge in [-0.25, -0.2) is 0 Å². The molecule has 0 N–H and O–H groups in total. The number of hydrogen-bond acceptors (Lipinski definition) is 6. The van der Waals surface area contributed by atoms with E-state index in [1.165, 1.54) is 0 Å². The van der Waals surface area contributed by atoms with Crippen LogP contribution in [0.5, 0.6) is 5.75 Å². The van der Waals surface area contributed by atoms with Crippen LogP contribution < -0.4 is 9.64 Å². The summed E-state index contributed by atoms with van der Waals surface area (Å²) in [6.45, 7) is 5.36. The lowest BCUT2D eigenvalue weighted by Crippen LogP contribution is -2.45. The van der Waals surface area contributed by atoms with E-state index in [1.54, 1.807) is 13.2 Å². The number of nitrogens with zero attached hydrogens (tertiary/aromatic N) is 3. The van der Waals surface area contributed by atoms with Crippen LogP contribution in [0.15, 0.2) is 28.7 Å². The fourth-order valence-corrected chi connectivity index (χ4v) is 2.94. The molecule has 1 fully saturated rings. The maximum absolute atomic E-state index is 9.38. The first-order valence-electron chi connectivity index (χ1n) is 8.22. The molecular weight excluding hydrogens is 318 g/mol. The van der Waals surface area contributed by atoms with Crippen LogP contribution in [0.4, 0.5) is 5.88 Å². The molecule has 0 unspecified atom stereocenters. The van der Waals surface area contributed by atoms with Crippen molar-refractivity contribution in [3.63, 3.8) is 0 Å². The van der Waals surface area contributed by atoms with Crippen LogP contribution in [-0.2, 0) is 4.74 Å². The number of rotatable bonds is 4. The fourth-order valence-electron chi connectivity index (χ4n) is 2.94. The van der Waals surface area contributed by atoms with Crippen LogP contribution in [0.25, 0.3) is 12.2 Å². The second-order valence-corrected chi connectivity index (χ2v) is 6.09. The smallest absolute Gasteiger partial charge is 0.235 e. The summed E-state index contributed by atoms with van der Waals surface area (Å²) in [5.74, 6) is 1.69. The third kappa shape index (κ3) is 4.01. The first-order chi connectivity index (χ1) is 12.1. The minimum atomic E-state index is 0.0798. The van der Waals surface area contributed by atoms with Crippen LogP contribution in [-0.4, -0.2) is 37.4 Å². The van der Waals surface area contributed by atoms with Crippen LogP contribution >= 0.6 is 0 Å². The largest absolute Gasteiger partial charge is 0.497 e. The highest BCUT2D eigenvalue weighted by molar-refractivity contribution is 5.68. The number of hydrogen-bond donors (Lipinski definition) is 0. The number of oxazole rings is 1. The molecule has 0 saturated carbocycles. The van der Waals surface area contributed by atoms with E-state index in [-0.39, 0.29) is 12.2 Å². The average molecular weight is 339 g/mol. The molecule has 1 saturated heterocycles. The van der Waals surface area contributed by atoms with Crippen molar-refractivity contribution in [1.29, 1.82) is 5.26 Å². The molecule has 0 amide bonds. The minimum Gasteiger partial charge on any atom is -0.497 e. The Morgan fingerprint density at radius 2 is 2.04 bits per heavy atom. The average Bonchev–Trinajstić information content (AvgIpc) is 3.03. The lowest BCUT2D eigenvalue weighted by Gasteiger charge is -2.34. The monoisotopic (exact) mass is 339 g/mol. The van der Waals surface area contributed by atoms with E-state index in [2.05, 4.69) is 11.1 Å². The molecule has 25 heavy (non-hydrogen) atoms. The van der Waals surface area contributed by atoms with Crippen LogP contribution in [0.3, 0.4) is 0 Å². The van der Waals surface area contributed by atoms with Crippen molar-refractivity contribution >= 4 is 18.0 Å². The van der Waals surface area contributed by atoms with E-state index in [0.29, 0.717) is 30.6 Å². The van der Waals surface area contributed by atoms with Crippen molar-refractivity contribution in [2.24, 2.45) is 0 Å². The summed E-state index contributed by atoms with van der Waals surface area (Å²) in [5, 5.41) is 9.38. The van der Waals surface area contributed by atoms with Crippen molar-refractivity contribution in [2.75, 3.05) is 25.1 Å². The predicted octanol–water partition coefficient (Wildman–Crippen LogP) is 3.34. The van der Waals surface area contributed by atoms with Gasteiger partial charge in [0.25, 0.3) is 0 Å². The number of benzene rings is 1. The standard InChI is InChI=1S/C19H21N3O3/c1-13-11-22(12-14(2)24-13)19-17(10-20)21-18(25-19)8-7-15-5-4-6-16(9-15)23-3/h4-9,13-14H,11-12H2,1-3H3/b8-7+/t13-,14-/m1/s1. The van der Waals surface area contributed by atoms with E-state index in [1.807, 2.05) is 49.1 Å². The van der Waals surface area contributed by atoms with Gasteiger partial charge >= 0.3 is 0 Å². The van der Waals surface area contributed by atoms with Crippen LogP contribution in [0.1, 0.15) is 31.0 Å². The lowest BCUT2D eigenvalue weighted by molar-refractivity contribution is -0.00642. The zero-order valence-corrected chi connectivity index (χ0v) is 14.6. The molecule has 0 bridgehead atoms. The number of ether oxygens (including phenoxy) is 2. The maximum Gasteiger partial charge on any atom is 0.235 e. The molecule has 1 aliphatic heterocycles. The second kappa shape index (κ2) is 7.41. The van der Waals surface area contributed by atoms with Crippen molar-refractivity contribution < 1.29 is 13.9 Å². The molecule has 6 heteroatoms. The fraction of sp³-hybridized carbons (Fsp3) is 0.368. The molecule has 0 aliphatic carbocycles. The van der Waals surface area contributed by atoms with E-state index < -0.39 is 0 Å². The van der Waals surface area contributed by atoms with E-state index in [9.17, 15) is 5.26 Å². The Morgan fingerprint density at radius 1 is 1.28 bits per heavy atom. The zero-order valence-electron chi connectivity index (χ0n) is 14.6. The zero-order chi connectivity index (χ0) is 17.8. The summed E-state index contributed by atoms with van der Waals surface area (Å²) >= 11 is 0. The molecule has 1 aromatic heterocycles. The number of anilines is 1. The van der Waals surface area contributed by atoms with E-state index in [4.69, 9.17) is 13.9 Å². The van der Waals surface area contributed by atoms with E-state index >= 15 is 0 Å². The summed E-state index contributed by atoms with van der Waals surface area (Å²) < 4.78 is 16.8. The van der Waals surface area contributed by atoms with Crippen molar-refractivity contribution in [2.45, 2.75) is 26.1 Å². The Bertz CT molecular complexity index is 796. The van der Waals surface area contributed by atoms with Crippen molar-refractivity contribution in [3.05, 3.63) is 41.4 Å². The third-order valence-electron chi connectivity index (χ3n) is 3.95. The molecule has 2 heterocycles. The molecule has 1 aromatic carbocycles. The number of morpholine rings is 1. The highest BCUT2D eigenvalue weighted by Gasteiger charge is 2.27. The van der Waals surface area contributed by atoms with Gasteiger partial charge in [0.2, 0.25) is 17.5 Å². The minimum absolute atomic E-state index is 0.0798. The van der Waals surface area contributed by atoms with Gasteiger partial charge in [0.1, 0.15) is 11.8 Å². The summed E-state index contributed by atoms with van der Waals surface area (Å²) in [6, 6.07) is 9.79. The molecule has 3 rings (SSSR count). The SMILES string of the molecule is COc1cccc(/C=C/c2nc(C#N)c(N3C[C@@H](C)O[C@H](C)C3)o2)c1. The Kier molecular flexibility index (Phi) is 5.05. The maximum atomic E-state index is 9.38. The Labute approximate surface area is 147 Å². The van der Waals surface area contributed by atoms with Crippen molar-refractivity contribution in [1.82, 2.24) is 4.98 Å². The summed E-state index contributed by atoms with van der Waals surface area (Å²) in [5.41, 5.74) is 1.26. The van der Waals surface area contributed by atoms with Crippen molar-refractivity contribution in [3.8, 4) is 11.8 Å². The van der Waals surface area contributed by atoms with Gasteiger partial charge in [0.05, 0.1) is 19.3 Å². The quantitative estimate of drug-likeness (QED) is 0.851. The highest BCUT2D eigenvalue weighted by atomic mass is 16.5. The van der Waals surface area contributed by atoms with Gasteiger partial charge in [-0.05, 0) is 37.6 Å². The first kappa shape index (κ1) is 17.1. The number of aromatic nitrogens is 1. The third-order valence-corrected chi connectivity index (χ3v) is 3.95. The molecular formula is C19H21N3O3. The summed E-state index contributed by atoms with van der Waals surface area (Å²) in [4.78, 5) is 6.30. The Balaban J connectivity index is 1.83. The predicted molar refractivity (Wildman–Crippen MR) is 95.4 cm³/mol. The molecule has 1 aliphatic rings. The number of methoxy groups -OCH3 is 1. The van der Waals surface area contributed by atoms with Crippen LogP contribution in [0, 0.1) is 11.3 Å². The van der Waals surface area contributed by atoms with Gasteiger partial charge in [-0.15, -0.1) is 0 Å². The number of nitriles is 1. The topological polar surface area (TPSA) is 71.5 Å². The summed E-state index contributed by atoms with van der Waals surface area (Å²) in [6.07, 6.45) is 3.79. The van der Waals surface area contributed by atoms with E-state index in [0.717, 1.165) is 11.3 Å². The highest BCUT2D eigenvalue weighted by Crippen LogP contribution is 2.26. The molecule has 130 valence electrons. The van der Waals surface area contributed by atoms with Crippen LogP contribution in [0.2, 0.25) is 0 Å². The van der Waals surface area contributed by atoms with Gasteiger partial charge < -0.3 is 18.8 Å². The molecule has 0 radical (unpaired) electrons. The van der Waals surface area contributed by atoms with Gasteiger partial charge in [0, 0.05) is 19.2 Å². The second-order valence-electron chi connectivity index (χ2n) is 6.09. The molecule has 0 spiro atoms. The molecule has 6 nitrogen and oxygen atoms in total. The first-order valence-corrected chi connectivity index (χ1v) is 8.22. The molecule has 2 atom stereocenters. The lowest BCUT2D eigenvalue weighted by atomic mass is 10.2. The summed E-state index contributed by atoms with van der Waals surface area (Å²) in [7, 11) is 1.63. The van der Waals surface area contributed by atoms with Gasteiger partial charge in [0.15, 0.2) is 0 Å². The van der Waals surface area contributed by atoms with Gasteiger partial charge in [-0.1, -0.05) is 12.1 Å². The van der Waals surface area contributed by atoms with Gasteiger partial charge in [-0.3, -0.25) is 0 Å². The normalized spacial score (nSPS) is 20.6.